The van der Waals surface area contributed by atoms with Crippen molar-refractivity contribution in [3.8, 4) is 0 Å². The fourth-order valence-electron chi connectivity index (χ4n) is 2.55. The average molecular weight is 243 g/mol. The molecule has 0 aliphatic heterocycles. The summed E-state index contributed by atoms with van der Waals surface area (Å²) in [5.74, 6) is 0. The fourth-order valence-corrected chi connectivity index (χ4v) is 2.55. The summed E-state index contributed by atoms with van der Waals surface area (Å²) in [5, 5.41) is 1.35. The summed E-state index contributed by atoms with van der Waals surface area (Å²) < 4.78 is 0. The van der Waals surface area contributed by atoms with Crippen LogP contribution in [0, 0.1) is 6.92 Å². The van der Waals surface area contributed by atoms with E-state index in [1.165, 1.54) is 27.7 Å². The monoisotopic (exact) mass is 243 g/mol. The standard InChI is InChI=1S/C17H25N/c1-11-13-9-8-12(16(2,3)4)10-14(13)18-15(11)17(5,6)7/h8-10,18H,1-7H3. The lowest BCUT2D eigenvalue weighted by Crippen LogP contribution is -2.12. The molecular weight excluding hydrogens is 218 g/mol. The molecule has 1 heteroatoms. The van der Waals surface area contributed by atoms with E-state index in [0.29, 0.717) is 0 Å². The molecule has 0 radical (unpaired) electrons. The topological polar surface area (TPSA) is 15.8 Å². The molecule has 18 heavy (non-hydrogen) atoms. The molecule has 0 aliphatic carbocycles. The molecule has 1 heterocycles. The third-order valence-corrected chi connectivity index (χ3v) is 3.67. The number of aryl methyl sites for hydroxylation is 1. The summed E-state index contributed by atoms with van der Waals surface area (Å²) in [4.78, 5) is 3.62. The predicted octanol–water partition coefficient (Wildman–Crippen LogP) is 5.07. The van der Waals surface area contributed by atoms with Crippen LogP contribution in [0.5, 0.6) is 0 Å². The van der Waals surface area contributed by atoms with E-state index in [1.807, 2.05) is 0 Å². The molecule has 0 fully saturated rings. The van der Waals surface area contributed by atoms with Gasteiger partial charge < -0.3 is 4.98 Å². The van der Waals surface area contributed by atoms with Crippen LogP contribution in [0.1, 0.15) is 58.4 Å². The van der Waals surface area contributed by atoms with Gasteiger partial charge in [-0.15, -0.1) is 0 Å². The van der Waals surface area contributed by atoms with Gasteiger partial charge in [0, 0.05) is 22.0 Å². The Bertz CT molecular complexity index is 574. The second kappa shape index (κ2) is 3.88. The van der Waals surface area contributed by atoms with Gasteiger partial charge in [-0.05, 0) is 29.5 Å². The molecular formula is C17H25N. The lowest BCUT2D eigenvalue weighted by Gasteiger charge is -2.18. The quantitative estimate of drug-likeness (QED) is 0.665. The Hall–Kier alpha value is -1.24. The maximum atomic E-state index is 3.62. The maximum Gasteiger partial charge on any atom is 0.0461 e. The van der Waals surface area contributed by atoms with Gasteiger partial charge in [-0.1, -0.05) is 53.7 Å². The number of hydrogen-bond donors (Lipinski definition) is 1. The van der Waals surface area contributed by atoms with Gasteiger partial charge in [0.1, 0.15) is 0 Å². The molecule has 0 aliphatic rings. The molecule has 0 atom stereocenters. The number of aromatic amines is 1. The highest BCUT2D eigenvalue weighted by molar-refractivity contribution is 5.85. The lowest BCUT2D eigenvalue weighted by atomic mass is 9.86. The van der Waals surface area contributed by atoms with Crippen LogP contribution in [0.2, 0.25) is 0 Å². The van der Waals surface area contributed by atoms with Crippen molar-refractivity contribution in [1.82, 2.24) is 4.98 Å². The van der Waals surface area contributed by atoms with Crippen molar-refractivity contribution in [2.24, 2.45) is 0 Å². The number of fused-ring (bicyclic) bond motifs is 1. The number of benzene rings is 1. The molecule has 1 N–H and O–H groups in total. The van der Waals surface area contributed by atoms with Crippen LogP contribution in [0.4, 0.5) is 0 Å². The van der Waals surface area contributed by atoms with Gasteiger partial charge in [0.2, 0.25) is 0 Å². The van der Waals surface area contributed by atoms with Crippen molar-refractivity contribution in [3.63, 3.8) is 0 Å². The Kier molecular flexibility index (Phi) is 2.84. The first-order chi connectivity index (χ1) is 8.10. The molecule has 1 aromatic carbocycles. The molecule has 0 amide bonds. The Morgan fingerprint density at radius 1 is 0.889 bits per heavy atom. The van der Waals surface area contributed by atoms with Crippen molar-refractivity contribution in [1.29, 1.82) is 0 Å². The van der Waals surface area contributed by atoms with Crippen LogP contribution in [0.3, 0.4) is 0 Å². The number of aromatic nitrogens is 1. The van der Waals surface area contributed by atoms with E-state index >= 15 is 0 Å². The zero-order chi connectivity index (χ0) is 13.7. The zero-order valence-corrected chi connectivity index (χ0v) is 12.7. The van der Waals surface area contributed by atoms with Crippen LogP contribution in [-0.4, -0.2) is 4.98 Å². The van der Waals surface area contributed by atoms with Crippen molar-refractivity contribution >= 4 is 10.9 Å². The van der Waals surface area contributed by atoms with Crippen LogP contribution >= 0.6 is 0 Å². The fraction of sp³-hybridized carbons (Fsp3) is 0.529. The molecule has 0 saturated heterocycles. The van der Waals surface area contributed by atoms with Gasteiger partial charge in [-0.3, -0.25) is 0 Å². The Morgan fingerprint density at radius 3 is 2.00 bits per heavy atom. The highest BCUT2D eigenvalue weighted by Crippen LogP contribution is 2.33. The summed E-state index contributed by atoms with van der Waals surface area (Å²) in [6, 6.07) is 6.82. The van der Waals surface area contributed by atoms with Crippen LogP contribution in [0.15, 0.2) is 18.2 Å². The molecule has 0 unspecified atom stereocenters. The lowest BCUT2D eigenvalue weighted by molar-refractivity contribution is 0.570. The highest BCUT2D eigenvalue weighted by atomic mass is 14.7. The third kappa shape index (κ3) is 2.19. The van der Waals surface area contributed by atoms with E-state index < -0.39 is 0 Å². The number of rotatable bonds is 0. The molecule has 1 nitrogen and oxygen atoms in total. The van der Waals surface area contributed by atoms with E-state index in [4.69, 9.17) is 0 Å². The number of hydrogen-bond acceptors (Lipinski definition) is 0. The van der Waals surface area contributed by atoms with E-state index in [9.17, 15) is 0 Å². The van der Waals surface area contributed by atoms with Crippen LogP contribution in [0.25, 0.3) is 10.9 Å². The second-order valence-corrected chi connectivity index (χ2v) is 7.39. The number of H-pyrrole nitrogens is 1. The van der Waals surface area contributed by atoms with Crippen molar-refractivity contribution in [2.45, 2.75) is 59.3 Å². The van der Waals surface area contributed by atoms with Crippen molar-refractivity contribution in [2.75, 3.05) is 0 Å². The van der Waals surface area contributed by atoms with Gasteiger partial charge >= 0.3 is 0 Å². The molecule has 98 valence electrons. The smallest absolute Gasteiger partial charge is 0.0461 e. The molecule has 2 aromatic rings. The normalized spacial score (nSPS) is 13.3. The maximum absolute atomic E-state index is 3.62. The Labute approximate surface area is 111 Å². The van der Waals surface area contributed by atoms with E-state index in [0.717, 1.165) is 0 Å². The zero-order valence-electron chi connectivity index (χ0n) is 12.7. The molecule has 2 rings (SSSR count). The van der Waals surface area contributed by atoms with Gasteiger partial charge in [-0.25, -0.2) is 0 Å². The molecule has 0 saturated carbocycles. The number of nitrogens with one attached hydrogen (secondary N) is 1. The largest absolute Gasteiger partial charge is 0.358 e. The van der Waals surface area contributed by atoms with E-state index in [2.05, 4.69) is 71.6 Å². The van der Waals surface area contributed by atoms with Crippen molar-refractivity contribution < 1.29 is 0 Å². The first-order valence-corrected chi connectivity index (χ1v) is 6.74. The van der Waals surface area contributed by atoms with Gasteiger partial charge in [-0.2, -0.15) is 0 Å². The van der Waals surface area contributed by atoms with Gasteiger partial charge in [0.05, 0.1) is 0 Å². The molecule has 0 spiro atoms. The van der Waals surface area contributed by atoms with E-state index in [-0.39, 0.29) is 10.8 Å². The minimum atomic E-state index is 0.172. The minimum Gasteiger partial charge on any atom is -0.358 e. The second-order valence-electron chi connectivity index (χ2n) is 7.39. The van der Waals surface area contributed by atoms with Gasteiger partial charge in [0.25, 0.3) is 0 Å². The van der Waals surface area contributed by atoms with Crippen LogP contribution < -0.4 is 0 Å². The Morgan fingerprint density at radius 2 is 1.50 bits per heavy atom. The molecule has 0 bridgehead atoms. The van der Waals surface area contributed by atoms with E-state index in [1.54, 1.807) is 0 Å². The first kappa shape index (κ1) is 13.2. The SMILES string of the molecule is Cc1c(C(C)(C)C)[nH]c2cc(C(C)(C)C)ccc12. The Balaban J connectivity index is 2.67. The summed E-state index contributed by atoms with van der Waals surface area (Å²) in [6.45, 7) is 15.8. The minimum absolute atomic E-state index is 0.172. The van der Waals surface area contributed by atoms with Crippen LogP contribution in [-0.2, 0) is 10.8 Å². The average Bonchev–Trinajstić information content (AvgIpc) is 2.54. The summed E-state index contributed by atoms with van der Waals surface area (Å²) in [5.41, 5.74) is 5.77. The first-order valence-electron chi connectivity index (χ1n) is 6.74. The molecule has 1 aromatic heterocycles. The third-order valence-electron chi connectivity index (χ3n) is 3.67. The summed E-state index contributed by atoms with van der Waals surface area (Å²) in [7, 11) is 0. The van der Waals surface area contributed by atoms with Gasteiger partial charge in [0.15, 0.2) is 0 Å². The summed E-state index contributed by atoms with van der Waals surface area (Å²) >= 11 is 0. The predicted molar refractivity (Wildman–Crippen MR) is 80.4 cm³/mol. The highest BCUT2D eigenvalue weighted by Gasteiger charge is 2.21. The summed E-state index contributed by atoms with van der Waals surface area (Å²) in [6.07, 6.45) is 0. The van der Waals surface area contributed by atoms with Crippen molar-refractivity contribution in [3.05, 3.63) is 35.0 Å².